The molecule has 0 saturated carbocycles. The first-order valence-electron chi connectivity index (χ1n) is 5.04. The van der Waals surface area contributed by atoms with E-state index in [0.717, 1.165) is 0 Å². The highest BCUT2D eigenvalue weighted by Gasteiger charge is 2.17. The van der Waals surface area contributed by atoms with Gasteiger partial charge in [-0.3, -0.25) is 10.1 Å². The van der Waals surface area contributed by atoms with Gasteiger partial charge < -0.3 is 4.74 Å². The molecular formula is C12H11N2O3+. The number of hydrogen-bond donors (Lipinski definition) is 0. The molecule has 0 N–H and O–H groups in total. The summed E-state index contributed by atoms with van der Waals surface area (Å²) < 4.78 is 7.27. The van der Waals surface area contributed by atoms with Gasteiger partial charge in [0.1, 0.15) is 7.05 Å². The first-order valence-corrected chi connectivity index (χ1v) is 5.04. The molecule has 0 bridgehead atoms. The molecule has 2 rings (SSSR count). The maximum Gasteiger partial charge on any atom is 0.373 e. The molecule has 0 aliphatic carbocycles. The smallest absolute Gasteiger partial charge is 0.373 e. The zero-order chi connectivity index (χ0) is 12.3. The average molecular weight is 231 g/mol. The first kappa shape index (κ1) is 11.1. The summed E-state index contributed by atoms with van der Waals surface area (Å²) in [5, 5.41) is 10.8. The second kappa shape index (κ2) is 4.61. The number of nitro groups is 1. The SMILES string of the molecule is C[n+]1ccccc1Oc1ccccc1[N+](=O)[O-]. The van der Waals surface area contributed by atoms with Crippen molar-refractivity contribution in [2.45, 2.75) is 0 Å². The van der Waals surface area contributed by atoms with Crippen LogP contribution in [0.2, 0.25) is 0 Å². The zero-order valence-electron chi connectivity index (χ0n) is 9.24. The van der Waals surface area contributed by atoms with Crippen molar-refractivity contribution in [1.29, 1.82) is 0 Å². The Balaban J connectivity index is 2.37. The van der Waals surface area contributed by atoms with E-state index in [-0.39, 0.29) is 11.4 Å². The van der Waals surface area contributed by atoms with E-state index in [1.165, 1.54) is 6.07 Å². The van der Waals surface area contributed by atoms with E-state index in [0.29, 0.717) is 5.88 Å². The second-order valence-electron chi connectivity index (χ2n) is 3.48. The number of pyridine rings is 1. The van der Waals surface area contributed by atoms with Crippen LogP contribution in [0.25, 0.3) is 0 Å². The summed E-state index contributed by atoms with van der Waals surface area (Å²) in [6, 6.07) is 11.7. The van der Waals surface area contributed by atoms with Gasteiger partial charge in [-0.25, -0.2) is 0 Å². The van der Waals surface area contributed by atoms with Crippen LogP contribution in [0.1, 0.15) is 0 Å². The van der Waals surface area contributed by atoms with Crippen LogP contribution in [0, 0.1) is 10.1 Å². The molecule has 1 aromatic heterocycles. The fourth-order valence-electron chi connectivity index (χ4n) is 1.42. The lowest BCUT2D eigenvalue weighted by molar-refractivity contribution is -0.675. The Morgan fingerprint density at radius 2 is 1.88 bits per heavy atom. The zero-order valence-corrected chi connectivity index (χ0v) is 9.24. The number of ether oxygens (including phenoxy) is 1. The van der Waals surface area contributed by atoms with Crippen molar-refractivity contribution in [3.8, 4) is 11.6 Å². The quantitative estimate of drug-likeness (QED) is 0.462. The number of rotatable bonds is 3. The number of benzene rings is 1. The van der Waals surface area contributed by atoms with E-state index in [1.54, 1.807) is 28.8 Å². The van der Waals surface area contributed by atoms with Crippen LogP contribution in [0.15, 0.2) is 48.7 Å². The van der Waals surface area contributed by atoms with E-state index >= 15 is 0 Å². The molecule has 0 fully saturated rings. The van der Waals surface area contributed by atoms with E-state index in [2.05, 4.69) is 0 Å². The Kier molecular flexibility index (Phi) is 3.00. The van der Waals surface area contributed by atoms with Crippen molar-refractivity contribution in [1.82, 2.24) is 0 Å². The molecule has 0 spiro atoms. The summed E-state index contributed by atoms with van der Waals surface area (Å²) in [5.74, 6) is 0.779. The molecule has 1 aromatic carbocycles. The van der Waals surface area contributed by atoms with Crippen LogP contribution < -0.4 is 9.30 Å². The van der Waals surface area contributed by atoms with Crippen molar-refractivity contribution < 1.29 is 14.2 Å². The molecule has 0 aliphatic heterocycles. The summed E-state index contributed by atoms with van der Waals surface area (Å²) in [6.45, 7) is 0. The lowest BCUT2D eigenvalue weighted by Crippen LogP contribution is -2.28. The molecular weight excluding hydrogens is 220 g/mol. The van der Waals surface area contributed by atoms with E-state index < -0.39 is 4.92 Å². The molecule has 5 nitrogen and oxygen atoms in total. The van der Waals surface area contributed by atoms with Crippen LogP contribution in [0.5, 0.6) is 11.6 Å². The lowest BCUT2D eigenvalue weighted by Gasteiger charge is -2.03. The first-order chi connectivity index (χ1) is 8.18. The standard InChI is InChI=1S/C12H11N2O3/c1-13-9-5-4-8-12(13)17-11-7-3-2-6-10(11)14(15)16/h2-9H,1H3/q+1. The molecule has 0 unspecified atom stereocenters. The average Bonchev–Trinajstić information content (AvgIpc) is 2.32. The minimum absolute atomic E-state index is 0.0450. The van der Waals surface area contributed by atoms with Crippen LogP contribution in [0.4, 0.5) is 5.69 Å². The van der Waals surface area contributed by atoms with Crippen LogP contribution >= 0.6 is 0 Å². The molecule has 2 aromatic rings. The van der Waals surface area contributed by atoms with Gasteiger partial charge in [-0.1, -0.05) is 12.1 Å². The van der Waals surface area contributed by atoms with E-state index in [4.69, 9.17) is 4.74 Å². The molecule has 5 heteroatoms. The number of nitrogens with zero attached hydrogens (tertiary/aromatic N) is 2. The predicted molar refractivity (Wildman–Crippen MR) is 60.8 cm³/mol. The van der Waals surface area contributed by atoms with E-state index in [9.17, 15) is 10.1 Å². The number of nitro benzene ring substituents is 1. The van der Waals surface area contributed by atoms with Crippen molar-refractivity contribution >= 4 is 5.69 Å². The van der Waals surface area contributed by atoms with Gasteiger partial charge in [0, 0.05) is 12.1 Å². The Hall–Kier alpha value is -2.43. The van der Waals surface area contributed by atoms with Crippen LogP contribution in [0.3, 0.4) is 0 Å². The maximum atomic E-state index is 10.8. The van der Waals surface area contributed by atoms with Crippen molar-refractivity contribution in [2.75, 3.05) is 0 Å². The van der Waals surface area contributed by atoms with Gasteiger partial charge in [0.15, 0.2) is 6.20 Å². The van der Waals surface area contributed by atoms with Crippen LogP contribution in [-0.4, -0.2) is 4.92 Å². The third kappa shape index (κ3) is 2.39. The Morgan fingerprint density at radius 1 is 1.18 bits per heavy atom. The van der Waals surface area contributed by atoms with Crippen molar-refractivity contribution in [2.24, 2.45) is 7.05 Å². The highest BCUT2D eigenvalue weighted by molar-refractivity contribution is 5.46. The summed E-state index contributed by atoms with van der Waals surface area (Å²) in [7, 11) is 1.81. The van der Waals surface area contributed by atoms with Gasteiger partial charge >= 0.3 is 11.6 Å². The predicted octanol–water partition coefficient (Wildman–Crippen LogP) is 2.21. The van der Waals surface area contributed by atoms with Gasteiger partial charge in [0.25, 0.3) is 0 Å². The second-order valence-corrected chi connectivity index (χ2v) is 3.48. The minimum Gasteiger partial charge on any atom is -0.398 e. The molecule has 1 heterocycles. The van der Waals surface area contributed by atoms with Crippen molar-refractivity contribution in [3.05, 3.63) is 58.8 Å². The Morgan fingerprint density at radius 3 is 2.59 bits per heavy atom. The Bertz CT molecular complexity index is 555. The normalized spacial score (nSPS) is 9.94. The highest BCUT2D eigenvalue weighted by Crippen LogP contribution is 2.28. The van der Waals surface area contributed by atoms with Gasteiger partial charge in [-0.05, 0) is 12.1 Å². The molecule has 17 heavy (non-hydrogen) atoms. The summed E-state index contributed by atoms with van der Waals surface area (Å²) in [6.07, 6.45) is 1.81. The number of aryl methyl sites for hydroxylation is 1. The topological polar surface area (TPSA) is 56.2 Å². The van der Waals surface area contributed by atoms with E-state index in [1.807, 2.05) is 25.4 Å². The third-order valence-corrected chi connectivity index (χ3v) is 2.28. The Labute approximate surface area is 98.0 Å². The summed E-state index contributed by atoms with van der Waals surface area (Å²) in [5.41, 5.74) is -0.0450. The number of aromatic nitrogens is 1. The highest BCUT2D eigenvalue weighted by atomic mass is 16.6. The molecule has 0 atom stereocenters. The van der Waals surface area contributed by atoms with Gasteiger partial charge in [-0.15, -0.1) is 0 Å². The van der Waals surface area contributed by atoms with Gasteiger partial charge in [0.2, 0.25) is 5.75 Å². The number of hydrogen-bond acceptors (Lipinski definition) is 3. The lowest BCUT2D eigenvalue weighted by atomic mass is 10.3. The monoisotopic (exact) mass is 231 g/mol. The van der Waals surface area contributed by atoms with Gasteiger partial charge in [-0.2, -0.15) is 4.57 Å². The minimum atomic E-state index is -0.460. The fourth-order valence-corrected chi connectivity index (χ4v) is 1.42. The van der Waals surface area contributed by atoms with Gasteiger partial charge in [0.05, 0.1) is 11.0 Å². The summed E-state index contributed by atoms with van der Waals surface area (Å²) >= 11 is 0. The maximum absolute atomic E-state index is 10.8. The fraction of sp³-hybridized carbons (Fsp3) is 0.0833. The molecule has 0 radical (unpaired) electrons. The molecule has 0 amide bonds. The molecule has 0 saturated heterocycles. The molecule has 86 valence electrons. The van der Waals surface area contributed by atoms with Crippen LogP contribution in [-0.2, 0) is 7.05 Å². The third-order valence-electron chi connectivity index (χ3n) is 2.28. The number of para-hydroxylation sites is 2. The van der Waals surface area contributed by atoms with Crippen molar-refractivity contribution in [3.63, 3.8) is 0 Å². The largest absolute Gasteiger partial charge is 0.398 e. The molecule has 0 aliphatic rings. The summed E-state index contributed by atoms with van der Waals surface area (Å²) in [4.78, 5) is 10.4.